The van der Waals surface area contributed by atoms with Crippen LogP contribution in [0.15, 0.2) is 0 Å². The summed E-state index contributed by atoms with van der Waals surface area (Å²) in [5, 5.41) is 2.68. The Morgan fingerprint density at radius 1 is 1.12 bits per heavy atom. The van der Waals surface area contributed by atoms with Crippen LogP contribution in [0.25, 0.3) is 0 Å². The van der Waals surface area contributed by atoms with Crippen molar-refractivity contribution in [3.63, 3.8) is 0 Å². The highest BCUT2D eigenvalue weighted by atomic mass is 16.5. The molecular weight excluding hydrogens is 210 g/mol. The summed E-state index contributed by atoms with van der Waals surface area (Å²) in [6, 6.07) is 0. The van der Waals surface area contributed by atoms with Gasteiger partial charge in [0.2, 0.25) is 0 Å². The van der Waals surface area contributed by atoms with Crippen LogP contribution in [0.3, 0.4) is 0 Å². The summed E-state index contributed by atoms with van der Waals surface area (Å²) in [6.07, 6.45) is 3.20. The normalized spacial score (nSPS) is 24.6. The average Bonchev–Trinajstić information content (AvgIpc) is 2.35. The van der Waals surface area contributed by atoms with Crippen molar-refractivity contribution >= 4 is 12.1 Å². The molecule has 5 nitrogen and oxygen atoms in total. The second kappa shape index (κ2) is 6.35. The van der Waals surface area contributed by atoms with E-state index >= 15 is 0 Å². The van der Waals surface area contributed by atoms with Gasteiger partial charge in [-0.25, -0.2) is 4.79 Å². The molecule has 0 unspecified atom stereocenters. The molecule has 0 saturated heterocycles. The molecule has 1 amide bonds. The minimum Gasteiger partial charge on any atom is -0.469 e. The number of carbonyl (C=O) groups is 2. The molecule has 0 spiro atoms. The zero-order chi connectivity index (χ0) is 12.0. The van der Waals surface area contributed by atoms with E-state index in [2.05, 4.69) is 10.1 Å². The van der Waals surface area contributed by atoms with Gasteiger partial charge in [-0.3, -0.25) is 4.79 Å². The van der Waals surface area contributed by atoms with E-state index < -0.39 is 6.09 Å². The minimum atomic E-state index is -0.393. The van der Waals surface area contributed by atoms with Crippen molar-refractivity contribution in [2.45, 2.75) is 25.7 Å². The number of nitrogens with one attached hydrogen (secondary N) is 1. The molecule has 1 aliphatic carbocycles. The highest BCUT2D eigenvalue weighted by Crippen LogP contribution is 2.28. The topological polar surface area (TPSA) is 64.6 Å². The number of esters is 1. The quantitative estimate of drug-likeness (QED) is 0.741. The lowest BCUT2D eigenvalue weighted by Gasteiger charge is -2.26. The summed E-state index contributed by atoms with van der Waals surface area (Å²) in [5.41, 5.74) is 0. The molecule has 1 aliphatic rings. The van der Waals surface area contributed by atoms with Crippen molar-refractivity contribution in [3.8, 4) is 0 Å². The second-order valence-corrected chi connectivity index (χ2v) is 4.11. The Hall–Kier alpha value is -1.26. The maximum Gasteiger partial charge on any atom is 0.406 e. The fourth-order valence-corrected chi connectivity index (χ4v) is 2.07. The summed E-state index contributed by atoms with van der Waals surface area (Å²) in [4.78, 5) is 22.1. The predicted octanol–water partition coefficient (Wildman–Crippen LogP) is 1.32. The zero-order valence-electron chi connectivity index (χ0n) is 9.82. The molecule has 0 aromatic heterocycles. The summed E-state index contributed by atoms with van der Waals surface area (Å²) >= 11 is 0. The maximum atomic E-state index is 11.3. The van der Waals surface area contributed by atoms with Crippen molar-refractivity contribution in [3.05, 3.63) is 0 Å². The SMILES string of the molecule is COC(=O)NCC1CCC(C(=O)OC)CC1. The van der Waals surface area contributed by atoms with Gasteiger partial charge in [0.25, 0.3) is 0 Å². The Kier molecular flexibility index (Phi) is 5.08. The largest absolute Gasteiger partial charge is 0.469 e. The van der Waals surface area contributed by atoms with Gasteiger partial charge in [0.15, 0.2) is 0 Å². The molecule has 92 valence electrons. The number of ether oxygens (including phenoxy) is 2. The Morgan fingerprint density at radius 2 is 1.75 bits per heavy atom. The second-order valence-electron chi connectivity index (χ2n) is 4.11. The highest BCUT2D eigenvalue weighted by Gasteiger charge is 2.26. The van der Waals surface area contributed by atoms with Gasteiger partial charge in [-0.15, -0.1) is 0 Å². The van der Waals surface area contributed by atoms with Crippen LogP contribution in [0.4, 0.5) is 4.79 Å². The van der Waals surface area contributed by atoms with E-state index in [1.165, 1.54) is 14.2 Å². The third kappa shape index (κ3) is 3.72. The molecule has 1 N–H and O–H groups in total. The molecule has 1 saturated carbocycles. The van der Waals surface area contributed by atoms with Gasteiger partial charge < -0.3 is 14.8 Å². The third-order valence-electron chi connectivity index (χ3n) is 3.10. The van der Waals surface area contributed by atoms with Gasteiger partial charge in [0.1, 0.15) is 0 Å². The van der Waals surface area contributed by atoms with Gasteiger partial charge in [0, 0.05) is 6.54 Å². The number of methoxy groups -OCH3 is 2. The molecule has 0 aliphatic heterocycles. The summed E-state index contributed by atoms with van der Waals surface area (Å²) in [6.45, 7) is 0.626. The first-order valence-electron chi connectivity index (χ1n) is 5.57. The van der Waals surface area contributed by atoms with Crippen LogP contribution in [0, 0.1) is 11.8 Å². The lowest BCUT2D eigenvalue weighted by atomic mass is 9.82. The van der Waals surface area contributed by atoms with Gasteiger partial charge >= 0.3 is 12.1 Å². The van der Waals surface area contributed by atoms with E-state index in [0.717, 1.165) is 25.7 Å². The number of hydrogen-bond acceptors (Lipinski definition) is 4. The zero-order valence-corrected chi connectivity index (χ0v) is 9.82. The Morgan fingerprint density at radius 3 is 2.25 bits per heavy atom. The lowest BCUT2D eigenvalue weighted by Crippen LogP contribution is -2.32. The Bertz CT molecular complexity index is 246. The van der Waals surface area contributed by atoms with Gasteiger partial charge in [-0.1, -0.05) is 0 Å². The summed E-state index contributed by atoms with van der Waals surface area (Å²) in [5.74, 6) is 0.374. The van der Waals surface area contributed by atoms with Gasteiger partial charge in [-0.2, -0.15) is 0 Å². The smallest absolute Gasteiger partial charge is 0.406 e. The number of amides is 1. The molecule has 0 atom stereocenters. The Labute approximate surface area is 95.5 Å². The van der Waals surface area contributed by atoms with Crippen molar-refractivity contribution in [2.75, 3.05) is 20.8 Å². The highest BCUT2D eigenvalue weighted by molar-refractivity contribution is 5.72. The molecule has 0 heterocycles. The molecule has 0 aromatic carbocycles. The van der Waals surface area contributed by atoms with Crippen LogP contribution in [-0.4, -0.2) is 32.8 Å². The number of carbonyl (C=O) groups excluding carboxylic acids is 2. The molecule has 1 rings (SSSR count). The molecule has 5 heteroatoms. The molecule has 16 heavy (non-hydrogen) atoms. The van der Waals surface area contributed by atoms with E-state index in [4.69, 9.17) is 4.74 Å². The van der Waals surface area contributed by atoms with E-state index in [0.29, 0.717) is 12.5 Å². The Balaban J connectivity index is 2.22. The average molecular weight is 229 g/mol. The monoisotopic (exact) mass is 229 g/mol. The molecular formula is C11H19NO4. The molecule has 0 radical (unpaired) electrons. The first-order chi connectivity index (χ1) is 7.67. The van der Waals surface area contributed by atoms with Crippen LogP contribution in [0.2, 0.25) is 0 Å². The molecule has 0 bridgehead atoms. The minimum absolute atomic E-state index is 0.0411. The summed E-state index contributed by atoms with van der Waals surface area (Å²) < 4.78 is 9.21. The predicted molar refractivity (Wildman–Crippen MR) is 57.9 cm³/mol. The standard InChI is InChI=1S/C11H19NO4/c1-15-10(13)9-5-3-8(4-6-9)7-12-11(14)16-2/h8-9H,3-7H2,1-2H3,(H,12,14). The fourth-order valence-electron chi connectivity index (χ4n) is 2.07. The number of rotatable bonds is 3. The van der Waals surface area contributed by atoms with E-state index in [1.807, 2.05) is 0 Å². The first-order valence-corrected chi connectivity index (χ1v) is 5.57. The van der Waals surface area contributed by atoms with Gasteiger partial charge in [0.05, 0.1) is 20.1 Å². The van der Waals surface area contributed by atoms with E-state index in [1.54, 1.807) is 0 Å². The van der Waals surface area contributed by atoms with Crippen LogP contribution < -0.4 is 5.32 Å². The van der Waals surface area contributed by atoms with Crippen LogP contribution in [0.5, 0.6) is 0 Å². The molecule has 1 fully saturated rings. The van der Waals surface area contributed by atoms with Crippen molar-refractivity contribution in [2.24, 2.45) is 11.8 Å². The van der Waals surface area contributed by atoms with Crippen molar-refractivity contribution < 1.29 is 19.1 Å². The van der Waals surface area contributed by atoms with Crippen molar-refractivity contribution in [1.82, 2.24) is 5.32 Å². The molecule has 0 aromatic rings. The summed E-state index contributed by atoms with van der Waals surface area (Å²) in [7, 11) is 2.77. The van der Waals surface area contributed by atoms with E-state index in [9.17, 15) is 9.59 Å². The number of alkyl carbamates (subject to hydrolysis) is 1. The van der Waals surface area contributed by atoms with Crippen LogP contribution in [0.1, 0.15) is 25.7 Å². The first kappa shape index (κ1) is 12.8. The van der Waals surface area contributed by atoms with Crippen molar-refractivity contribution in [1.29, 1.82) is 0 Å². The van der Waals surface area contributed by atoms with E-state index in [-0.39, 0.29) is 11.9 Å². The fraction of sp³-hybridized carbons (Fsp3) is 0.818. The maximum absolute atomic E-state index is 11.3. The number of hydrogen-bond donors (Lipinski definition) is 1. The van der Waals surface area contributed by atoms with Gasteiger partial charge in [-0.05, 0) is 31.6 Å². The lowest BCUT2D eigenvalue weighted by molar-refractivity contribution is -0.146. The van der Waals surface area contributed by atoms with Crippen LogP contribution in [-0.2, 0) is 14.3 Å². The van der Waals surface area contributed by atoms with Crippen LogP contribution >= 0.6 is 0 Å². The third-order valence-corrected chi connectivity index (χ3v) is 3.10.